The fourth-order valence-corrected chi connectivity index (χ4v) is 3.28. The number of esters is 1. The van der Waals surface area contributed by atoms with E-state index in [0.29, 0.717) is 12.4 Å². The van der Waals surface area contributed by atoms with Gasteiger partial charge in [0, 0.05) is 6.20 Å². The number of pyridine rings is 1. The van der Waals surface area contributed by atoms with Crippen molar-refractivity contribution < 1.29 is 23.9 Å². The molecule has 1 heterocycles. The van der Waals surface area contributed by atoms with E-state index in [2.05, 4.69) is 20.9 Å². The predicted octanol–water partition coefficient (Wildman–Crippen LogP) is 3.31. The van der Waals surface area contributed by atoms with Gasteiger partial charge in [0.15, 0.2) is 0 Å². The minimum atomic E-state index is -0.722. The molecule has 2 amide bonds. The van der Waals surface area contributed by atoms with Crippen molar-refractivity contribution in [2.75, 3.05) is 32.1 Å². The highest BCUT2D eigenvalue weighted by atomic mass is 16.5. The van der Waals surface area contributed by atoms with Crippen LogP contribution in [0.2, 0.25) is 0 Å². The van der Waals surface area contributed by atoms with Gasteiger partial charge in [-0.05, 0) is 28.8 Å². The first-order chi connectivity index (χ1) is 17.0. The Morgan fingerprint density at radius 2 is 1.63 bits per heavy atom. The number of amides is 2. The summed E-state index contributed by atoms with van der Waals surface area (Å²) in [7, 11) is 1.29. The van der Waals surface area contributed by atoms with Crippen LogP contribution < -0.4 is 16.0 Å². The second kappa shape index (κ2) is 13.3. The topological polar surface area (TPSA) is 119 Å². The van der Waals surface area contributed by atoms with Crippen molar-refractivity contribution in [3.8, 4) is 11.1 Å². The van der Waals surface area contributed by atoms with Crippen LogP contribution >= 0.6 is 0 Å². The van der Waals surface area contributed by atoms with Gasteiger partial charge in [-0.3, -0.25) is 9.59 Å². The number of methoxy groups -OCH3 is 1. The van der Waals surface area contributed by atoms with E-state index < -0.39 is 24.0 Å². The maximum atomic E-state index is 12.5. The third kappa shape index (κ3) is 8.47. The highest BCUT2D eigenvalue weighted by Gasteiger charge is 2.19. The normalized spacial score (nSPS) is 11.1. The molecule has 9 heteroatoms. The minimum Gasteiger partial charge on any atom is -0.469 e. The first kappa shape index (κ1) is 25.2. The van der Waals surface area contributed by atoms with Gasteiger partial charge < -0.3 is 25.4 Å². The van der Waals surface area contributed by atoms with Gasteiger partial charge in [0.2, 0.25) is 5.91 Å². The largest absolute Gasteiger partial charge is 0.469 e. The molecule has 3 aromatic rings. The third-order valence-corrected chi connectivity index (χ3v) is 5.05. The number of carbonyl (C=O) groups is 3. The summed E-state index contributed by atoms with van der Waals surface area (Å²) in [5.41, 5.74) is 2.82. The molecule has 1 aromatic heterocycles. The van der Waals surface area contributed by atoms with E-state index in [1.165, 1.54) is 7.11 Å². The molecule has 0 unspecified atom stereocenters. The Bertz CT molecular complexity index is 1090. The maximum Gasteiger partial charge on any atom is 0.407 e. The molecule has 0 aliphatic rings. The van der Waals surface area contributed by atoms with Crippen LogP contribution in [0.5, 0.6) is 0 Å². The smallest absolute Gasteiger partial charge is 0.407 e. The van der Waals surface area contributed by atoms with E-state index in [0.717, 1.165) is 16.7 Å². The zero-order chi connectivity index (χ0) is 24.9. The van der Waals surface area contributed by atoms with Gasteiger partial charge >= 0.3 is 12.1 Å². The number of aromatic nitrogens is 1. The van der Waals surface area contributed by atoms with Gasteiger partial charge in [0.1, 0.15) is 19.0 Å². The average Bonchev–Trinajstić information content (AvgIpc) is 2.90. The van der Waals surface area contributed by atoms with Crippen LogP contribution in [0, 0.1) is 0 Å². The summed E-state index contributed by atoms with van der Waals surface area (Å²) in [4.78, 5) is 40.3. The van der Waals surface area contributed by atoms with Crippen LogP contribution in [0.15, 0.2) is 79.0 Å². The summed E-state index contributed by atoms with van der Waals surface area (Å²) >= 11 is 0. The second-order valence-electron chi connectivity index (χ2n) is 7.52. The van der Waals surface area contributed by atoms with Crippen molar-refractivity contribution in [2.45, 2.75) is 12.5 Å². The van der Waals surface area contributed by atoms with Crippen molar-refractivity contribution in [3.05, 3.63) is 84.6 Å². The SMILES string of the molecule is COC(=O)C[C@H](NC(=O)CNC(=O)OCCNc1ccccn1)c1ccc(-c2ccccc2)cc1. The molecule has 35 heavy (non-hydrogen) atoms. The van der Waals surface area contributed by atoms with Crippen LogP contribution in [0.4, 0.5) is 10.6 Å². The van der Waals surface area contributed by atoms with E-state index in [9.17, 15) is 14.4 Å². The lowest BCUT2D eigenvalue weighted by Crippen LogP contribution is -2.39. The lowest BCUT2D eigenvalue weighted by Gasteiger charge is -2.19. The van der Waals surface area contributed by atoms with Gasteiger partial charge in [-0.25, -0.2) is 9.78 Å². The number of hydrogen-bond donors (Lipinski definition) is 3. The predicted molar refractivity (Wildman–Crippen MR) is 131 cm³/mol. The number of nitrogens with one attached hydrogen (secondary N) is 3. The number of rotatable bonds is 11. The maximum absolute atomic E-state index is 12.5. The number of alkyl carbamates (subject to hydrolysis) is 1. The number of nitrogens with zero attached hydrogens (tertiary/aromatic N) is 1. The fraction of sp³-hybridized carbons (Fsp3) is 0.231. The summed E-state index contributed by atoms with van der Waals surface area (Å²) in [6.45, 7) is 0.172. The van der Waals surface area contributed by atoms with Gasteiger partial charge in [-0.15, -0.1) is 0 Å². The molecule has 0 spiro atoms. The third-order valence-electron chi connectivity index (χ3n) is 5.05. The molecule has 0 saturated carbocycles. The summed E-state index contributed by atoms with van der Waals surface area (Å²) in [5, 5.41) is 8.18. The summed E-state index contributed by atoms with van der Waals surface area (Å²) in [5.74, 6) is -0.255. The molecule has 1 atom stereocenters. The molecule has 9 nitrogen and oxygen atoms in total. The minimum absolute atomic E-state index is 0.0451. The molecule has 2 aromatic carbocycles. The Morgan fingerprint density at radius 3 is 2.31 bits per heavy atom. The number of anilines is 1. The monoisotopic (exact) mass is 476 g/mol. The van der Waals surface area contributed by atoms with Crippen molar-refractivity contribution >= 4 is 23.8 Å². The van der Waals surface area contributed by atoms with E-state index in [1.54, 1.807) is 18.3 Å². The van der Waals surface area contributed by atoms with E-state index in [-0.39, 0.29) is 19.6 Å². The van der Waals surface area contributed by atoms with Crippen LogP contribution in [-0.4, -0.2) is 49.8 Å². The standard InChI is InChI=1S/C26H28N4O5/c1-34-25(32)17-22(21-12-10-20(11-13-21)19-7-3-2-4-8-19)30-24(31)18-29-26(33)35-16-15-28-23-9-5-6-14-27-23/h2-14,22H,15-18H2,1H3,(H,27,28)(H,29,33)(H,30,31)/t22-/m0/s1. The molecular formula is C26H28N4O5. The Balaban J connectivity index is 1.48. The number of ether oxygens (including phenoxy) is 2. The number of carbonyl (C=O) groups excluding carboxylic acids is 3. The van der Waals surface area contributed by atoms with Gasteiger partial charge in [-0.1, -0.05) is 60.7 Å². The molecule has 0 saturated heterocycles. The van der Waals surface area contributed by atoms with Crippen molar-refractivity contribution in [1.29, 1.82) is 0 Å². The van der Waals surface area contributed by atoms with Crippen molar-refractivity contribution in [1.82, 2.24) is 15.6 Å². The summed E-state index contributed by atoms with van der Waals surface area (Å²) in [6, 6.07) is 22.3. The Hall–Kier alpha value is -4.40. The molecule has 0 aliphatic heterocycles. The van der Waals surface area contributed by atoms with Crippen molar-refractivity contribution in [3.63, 3.8) is 0 Å². The number of hydrogen-bond acceptors (Lipinski definition) is 7. The van der Waals surface area contributed by atoms with E-state index >= 15 is 0 Å². The molecule has 0 fully saturated rings. The highest BCUT2D eigenvalue weighted by molar-refractivity contribution is 5.83. The van der Waals surface area contributed by atoms with E-state index in [4.69, 9.17) is 9.47 Å². The molecule has 182 valence electrons. The Kier molecular flexibility index (Phi) is 9.62. The first-order valence-electron chi connectivity index (χ1n) is 11.1. The van der Waals surface area contributed by atoms with Crippen LogP contribution in [-0.2, 0) is 19.1 Å². The summed E-state index contributed by atoms with van der Waals surface area (Å²) < 4.78 is 9.82. The zero-order valence-electron chi connectivity index (χ0n) is 19.4. The van der Waals surface area contributed by atoms with Crippen LogP contribution in [0.1, 0.15) is 18.0 Å². The molecule has 3 N–H and O–H groups in total. The van der Waals surface area contributed by atoms with Gasteiger partial charge in [-0.2, -0.15) is 0 Å². The van der Waals surface area contributed by atoms with Gasteiger partial charge in [0.05, 0.1) is 26.1 Å². The Morgan fingerprint density at radius 1 is 0.914 bits per heavy atom. The van der Waals surface area contributed by atoms with E-state index in [1.807, 2.05) is 60.7 Å². The van der Waals surface area contributed by atoms with Crippen molar-refractivity contribution in [2.24, 2.45) is 0 Å². The van der Waals surface area contributed by atoms with Crippen LogP contribution in [0.3, 0.4) is 0 Å². The summed E-state index contributed by atoms with van der Waals surface area (Å²) in [6.07, 6.45) is 0.885. The second-order valence-corrected chi connectivity index (χ2v) is 7.52. The zero-order valence-corrected chi connectivity index (χ0v) is 19.4. The van der Waals surface area contributed by atoms with Crippen LogP contribution in [0.25, 0.3) is 11.1 Å². The quantitative estimate of drug-likeness (QED) is 0.287. The average molecular weight is 477 g/mol. The molecule has 0 radical (unpaired) electrons. The number of benzene rings is 2. The lowest BCUT2D eigenvalue weighted by molar-refractivity contribution is -0.141. The molecule has 0 aliphatic carbocycles. The first-order valence-corrected chi connectivity index (χ1v) is 11.1. The molecular weight excluding hydrogens is 448 g/mol. The lowest BCUT2D eigenvalue weighted by atomic mass is 9.99. The fourth-order valence-electron chi connectivity index (χ4n) is 3.28. The highest BCUT2D eigenvalue weighted by Crippen LogP contribution is 2.23. The Labute approximate surface area is 203 Å². The van der Waals surface area contributed by atoms with Gasteiger partial charge in [0.25, 0.3) is 0 Å². The molecule has 0 bridgehead atoms. The molecule has 3 rings (SSSR count).